The molecule has 4 nitrogen and oxygen atoms in total. The van der Waals surface area contributed by atoms with Crippen LogP contribution in [0.2, 0.25) is 0 Å². The predicted molar refractivity (Wildman–Crippen MR) is 72.0 cm³/mol. The quantitative estimate of drug-likeness (QED) is 0.734. The van der Waals surface area contributed by atoms with Gasteiger partial charge in [0.1, 0.15) is 0 Å². The minimum atomic E-state index is 0.0501. The topological polar surface area (TPSA) is 37.6 Å². The van der Waals surface area contributed by atoms with Crippen LogP contribution in [0, 0.1) is 0 Å². The molecule has 1 aliphatic heterocycles. The van der Waals surface area contributed by atoms with Crippen LogP contribution in [0.25, 0.3) is 6.08 Å². The summed E-state index contributed by atoms with van der Waals surface area (Å²) in [6, 6.07) is 9.89. The fourth-order valence-electron chi connectivity index (χ4n) is 1.92. The number of nitrogens with zero attached hydrogens (tertiary/aromatic N) is 3. The van der Waals surface area contributed by atoms with Crippen molar-refractivity contribution in [2.24, 2.45) is 4.99 Å². The van der Waals surface area contributed by atoms with E-state index >= 15 is 0 Å². The zero-order valence-corrected chi connectivity index (χ0v) is 10.9. The second-order valence-electron chi connectivity index (χ2n) is 4.33. The summed E-state index contributed by atoms with van der Waals surface area (Å²) in [5, 5.41) is 0. The maximum Gasteiger partial charge on any atom is 0.271 e. The third-order valence-corrected chi connectivity index (χ3v) is 3.86. The van der Waals surface area contributed by atoms with Gasteiger partial charge in [0.05, 0.1) is 17.9 Å². The smallest absolute Gasteiger partial charge is 0.270 e. The Morgan fingerprint density at radius 3 is 2.89 bits per heavy atom. The molecule has 3 rings (SSSR count). The van der Waals surface area contributed by atoms with Crippen molar-refractivity contribution in [3.8, 4) is 0 Å². The second-order valence-corrected chi connectivity index (χ2v) is 5.34. The van der Waals surface area contributed by atoms with E-state index in [9.17, 15) is 4.79 Å². The van der Waals surface area contributed by atoms with Gasteiger partial charge in [-0.15, -0.1) is 0 Å². The van der Waals surface area contributed by atoms with Gasteiger partial charge in [0.15, 0.2) is 4.80 Å². The van der Waals surface area contributed by atoms with E-state index < -0.39 is 0 Å². The first-order chi connectivity index (χ1) is 8.74. The highest BCUT2D eigenvalue weighted by atomic mass is 32.1. The van der Waals surface area contributed by atoms with E-state index in [1.54, 1.807) is 4.57 Å². The summed E-state index contributed by atoms with van der Waals surface area (Å²) in [6.45, 7) is 1.28. The molecule has 2 aromatic rings. The molecule has 92 valence electrons. The summed E-state index contributed by atoms with van der Waals surface area (Å²) in [6.07, 6.45) is 1.92. The SMILES string of the molecule is CN1CN=c2s/c(=C/c3ccccc3)c(=O)n2C1. The van der Waals surface area contributed by atoms with Crippen molar-refractivity contribution in [3.63, 3.8) is 0 Å². The van der Waals surface area contributed by atoms with Crippen molar-refractivity contribution in [2.75, 3.05) is 13.7 Å². The zero-order chi connectivity index (χ0) is 12.5. The fraction of sp³-hybridized carbons (Fsp3) is 0.231. The number of rotatable bonds is 1. The Balaban J connectivity index is 2.17. The Morgan fingerprint density at radius 1 is 1.33 bits per heavy atom. The van der Waals surface area contributed by atoms with Crippen LogP contribution in [0.1, 0.15) is 5.56 Å². The number of hydrogen-bond acceptors (Lipinski definition) is 4. The molecule has 1 aromatic carbocycles. The lowest BCUT2D eigenvalue weighted by Crippen LogP contribution is -2.40. The number of benzene rings is 1. The average molecular weight is 259 g/mol. The zero-order valence-electron chi connectivity index (χ0n) is 10.0. The van der Waals surface area contributed by atoms with Gasteiger partial charge in [-0.1, -0.05) is 41.7 Å². The van der Waals surface area contributed by atoms with Crippen LogP contribution in [0.15, 0.2) is 40.1 Å². The van der Waals surface area contributed by atoms with Gasteiger partial charge < -0.3 is 0 Å². The van der Waals surface area contributed by atoms with Gasteiger partial charge in [0.25, 0.3) is 5.56 Å². The summed E-state index contributed by atoms with van der Waals surface area (Å²) in [4.78, 5) is 19.4. The van der Waals surface area contributed by atoms with Crippen LogP contribution in [-0.2, 0) is 6.67 Å². The molecule has 0 radical (unpaired) electrons. The Hall–Kier alpha value is -1.72. The third-order valence-electron chi connectivity index (χ3n) is 2.82. The van der Waals surface area contributed by atoms with Crippen molar-refractivity contribution in [2.45, 2.75) is 6.67 Å². The van der Waals surface area contributed by atoms with Crippen LogP contribution in [-0.4, -0.2) is 23.2 Å². The Bertz CT molecular complexity index is 730. The Labute approximate surface area is 108 Å². The summed E-state index contributed by atoms with van der Waals surface area (Å²) in [7, 11) is 1.96. The molecule has 1 aliphatic rings. The summed E-state index contributed by atoms with van der Waals surface area (Å²) in [5.74, 6) is 0. The average Bonchev–Trinajstić information content (AvgIpc) is 2.68. The molecule has 0 amide bonds. The summed E-state index contributed by atoms with van der Waals surface area (Å²) >= 11 is 1.46. The molecule has 0 spiro atoms. The Morgan fingerprint density at radius 2 is 2.11 bits per heavy atom. The van der Waals surface area contributed by atoms with Gasteiger partial charge in [-0.2, -0.15) is 0 Å². The number of hydrogen-bond donors (Lipinski definition) is 0. The third kappa shape index (κ3) is 2.02. The molecule has 0 aliphatic carbocycles. The fourth-order valence-corrected chi connectivity index (χ4v) is 2.88. The lowest BCUT2D eigenvalue weighted by atomic mass is 10.2. The summed E-state index contributed by atoms with van der Waals surface area (Å²) in [5.41, 5.74) is 1.09. The van der Waals surface area contributed by atoms with Crippen molar-refractivity contribution in [3.05, 3.63) is 55.6 Å². The van der Waals surface area contributed by atoms with Crippen LogP contribution in [0.4, 0.5) is 0 Å². The predicted octanol–water partition coefficient (Wildman–Crippen LogP) is 0.219. The highest BCUT2D eigenvalue weighted by molar-refractivity contribution is 7.07. The van der Waals surface area contributed by atoms with Gasteiger partial charge in [-0.25, -0.2) is 4.99 Å². The molecule has 2 heterocycles. The van der Waals surface area contributed by atoms with Crippen molar-refractivity contribution < 1.29 is 0 Å². The van der Waals surface area contributed by atoms with Crippen molar-refractivity contribution >= 4 is 17.4 Å². The highest BCUT2D eigenvalue weighted by Crippen LogP contribution is 1.98. The molecule has 0 N–H and O–H groups in total. The van der Waals surface area contributed by atoms with Crippen LogP contribution >= 0.6 is 11.3 Å². The lowest BCUT2D eigenvalue weighted by molar-refractivity contribution is 0.246. The first-order valence-corrected chi connectivity index (χ1v) is 6.55. The van der Waals surface area contributed by atoms with E-state index in [4.69, 9.17) is 0 Å². The number of aromatic nitrogens is 1. The molecule has 18 heavy (non-hydrogen) atoms. The van der Waals surface area contributed by atoms with E-state index in [0.717, 1.165) is 14.9 Å². The largest absolute Gasteiger partial charge is 0.271 e. The standard InChI is InChI=1S/C13H13N3OS/c1-15-8-14-13-16(9-15)12(17)11(18-13)7-10-5-3-2-4-6-10/h2-7H,8-9H2,1H3/b11-7+. The molecule has 0 atom stereocenters. The second kappa shape index (κ2) is 4.51. The first-order valence-electron chi connectivity index (χ1n) is 5.73. The molecule has 0 fully saturated rings. The first kappa shape index (κ1) is 11.4. The van der Waals surface area contributed by atoms with Gasteiger partial charge in [0.2, 0.25) is 0 Å². The molecule has 5 heteroatoms. The molecule has 1 aromatic heterocycles. The molecule has 0 unspecified atom stereocenters. The van der Waals surface area contributed by atoms with Crippen LogP contribution < -0.4 is 14.9 Å². The number of thiazole rings is 1. The van der Waals surface area contributed by atoms with Crippen molar-refractivity contribution in [1.82, 2.24) is 9.47 Å². The normalized spacial score (nSPS) is 16.4. The van der Waals surface area contributed by atoms with Gasteiger partial charge >= 0.3 is 0 Å². The minimum absolute atomic E-state index is 0.0501. The van der Waals surface area contributed by atoms with E-state index in [-0.39, 0.29) is 5.56 Å². The van der Waals surface area contributed by atoms with Gasteiger partial charge in [-0.3, -0.25) is 14.3 Å². The Kier molecular flexibility index (Phi) is 2.85. The van der Waals surface area contributed by atoms with Crippen molar-refractivity contribution in [1.29, 1.82) is 0 Å². The molecule has 0 saturated carbocycles. The van der Waals surface area contributed by atoms with Gasteiger partial charge in [-0.05, 0) is 18.7 Å². The van der Waals surface area contributed by atoms with Crippen LogP contribution in [0.5, 0.6) is 0 Å². The van der Waals surface area contributed by atoms with E-state index in [0.29, 0.717) is 13.3 Å². The van der Waals surface area contributed by atoms with E-state index in [2.05, 4.69) is 4.99 Å². The molecule has 0 bridgehead atoms. The molecular formula is C13H13N3OS. The molecular weight excluding hydrogens is 246 g/mol. The lowest BCUT2D eigenvalue weighted by Gasteiger charge is -2.17. The highest BCUT2D eigenvalue weighted by Gasteiger charge is 2.11. The van der Waals surface area contributed by atoms with E-state index in [1.165, 1.54) is 11.3 Å². The summed E-state index contributed by atoms with van der Waals surface area (Å²) < 4.78 is 2.47. The van der Waals surface area contributed by atoms with E-state index in [1.807, 2.05) is 48.4 Å². The monoisotopic (exact) mass is 259 g/mol. The maximum absolute atomic E-state index is 12.2. The van der Waals surface area contributed by atoms with Crippen LogP contribution in [0.3, 0.4) is 0 Å². The maximum atomic E-state index is 12.2. The van der Waals surface area contributed by atoms with Gasteiger partial charge in [0, 0.05) is 0 Å². The number of fused-ring (bicyclic) bond motifs is 1. The molecule has 0 saturated heterocycles. The minimum Gasteiger partial charge on any atom is -0.270 e.